The fourth-order valence-electron chi connectivity index (χ4n) is 2.89. The van der Waals surface area contributed by atoms with E-state index in [2.05, 4.69) is 10.6 Å². The van der Waals surface area contributed by atoms with Crippen LogP contribution < -0.4 is 21.1 Å². The summed E-state index contributed by atoms with van der Waals surface area (Å²) in [6, 6.07) is 9.50. The molecule has 1 fully saturated rings. The number of hydrogen-bond donors (Lipinski definition) is 3. The van der Waals surface area contributed by atoms with Gasteiger partial charge in [0.15, 0.2) is 0 Å². The normalized spacial score (nSPS) is 17.0. The minimum atomic E-state index is -0.0606. The van der Waals surface area contributed by atoms with Crippen LogP contribution in [0.1, 0.15) is 12.8 Å². The molecule has 1 aliphatic heterocycles. The summed E-state index contributed by atoms with van der Waals surface area (Å²) < 4.78 is 5.54. The van der Waals surface area contributed by atoms with Crippen LogP contribution in [0.4, 0.5) is 0 Å². The highest BCUT2D eigenvalue weighted by Gasteiger charge is 2.26. The lowest BCUT2D eigenvalue weighted by Crippen LogP contribution is -2.47. The van der Waals surface area contributed by atoms with Gasteiger partial charge in [0.05, 0.1) is 19.0 Å². The first kappa shape index (κ1) is 22.2. The van der Waals surface area contributed by atoms with Crippen LogP contribution in [-0.2, 0) is 9.59 Å². The molecule has 1 heterocycles. The molecule has 146 valence electrons. The van der Waals surface area contributed by atoms with Crippen LogP contribution in [0.5, 0.6) is 5.75 Å². The van der Waals surface area contributed by atoms with Gasteiger partial charge in [-0.05, 0) is 31.5 Å². The highest BCUT2D eigenvalue weighted by molar-refractivity contribution is 5.85. The summed E-state index contributed by atoms with van der Waals surface area (Å²) in [4.78, 5) is 26.1. The van der Waals surface area contributed by atoms with Crippen molar-refractivity contribution in [3.05, 3.63) is 30.3 Å². The van der Waals surface area contributed by atoms with E-state index in [0.29, 0.717) is 39.3 Å². The Morgan fingerprint density at radius 2 is 1.96 bits per heavy atom. The lowest BCUT2D eigenvalue weighted by atomic mass is 9.97. The maximum absolute atomic E-state index is 12.0. The van der Waals surface area contributed by atoms with Crippen molar-refractivity contribution in [2.24, 2.45) is 11.7 Å². The standard InChI is InChI=1S/C18H28N4O3.ClH/c19-8-9-21-18(24)15-5-4-11-22(13-15)14-17(23)20-10-12-25-16-6-2-1-3-7-16;/h1-3,6-7,15H,4-5,8-14,19H2,(H,20,23)(H,21,24);1H. The third kappa shape index (κ3) is 8.03. The predicted octanol–water partition coefficient (Wildman–Crippen LogP) is 0.390. The summed E-state index contributed by atoms with van der Waals surface area (Å²) in [6.07, 6.45) is 1.78. The molecule has 0 saturated carbocycles. The molecule has 4 N–H and O–H groups in total. The molecule has 1 aromatic rings. The Balaban J connectivity index is 0.00000338. The van der Waals surface area contributed by atoms with Gasteiger partial charge in [0.1, 0.15) is 12.4 Å². The van der Waals surface area contributed by atoms with Gasteiger partial charge in [-0.15, -0.1) is 12.4 Å². The van der Waals surface area contributed by atoms with Gasteiger partial charge in [0.25, 0.3) is 0 Å². The summed E-state index contributed by atoms with van der Waals surface area (Å²) >= 11 is 0. The van der Waals surface area contributed by atoms with Gasteiger partial charge in [-0.3, -0.25) is 14.5 Å². The number of halogens is 1. The zero-order valence-electron chi connectivity index (χ0n) is 15.0. The van der Waals surface area contributed by atoms with Crippen LogP contribution in [0, 0.1) is 5.92 Å². The largest absolute Gasteiger partial charge is 0.492 e. The highest BCUT2D eigenvalue weighted by atomic mass is 35.5. The molecular formula is C18H29ClN4O3. The monoisotopic (exact) mass is 384 g/mol. The Morgan fingerprint density at radius 3 is 2.69 bits per heavy atom. The molecule has 0 bridgehead atoms. The van der Waals surface area contributed by atoms with Crippen molar-refractivity contribution >= 4 is 24.2 Å². The van der Waals surface area contributed by atoms with Gasteiger partial charge in [0, 0.05) is 19.6 Å². The van der Waals surface area contributed by atoms with Gasteiger partial charge < -0.3 is 21.1 Å². The van der Waals surface area contributed by atoms with E-state index in [1.807, 2.05) is 35.2 Å². The first-order valence-corrected chi connectivity index (χ1v) is 8.83. The average molecular weight is 385 g/mol. The SMILES string of the molecule is Cl.NCCNC(=O)C1CCCN(CC(=O)NCCOc2ccccc2)C1. The highest BCUT2D eigenvalue weighted by Crippen LogP contribution is 2.16. The Hall–Kier alpha value is -1.83. The van der Waals surface area contributed by atoms with Crippen LogP contribution in [0.15, 0.2) is 30.3 Å². The van der Waals surface area contributed by atoms with E-state index in [1.165, 1.54) is 0 Å². The van der Waals surface area contributed by atoms with Crippen molar-refractivity contribution < 1.29 is 14.3 Å². The number of carbonyl (C=O) groups excluding carboxylic acids is 2. The number of amides is 2. The van der Waals surface area contributed by atoms with E-state index in [4.69, 9.17) is 10.5 Å². The summed E-state index contributed by atoms with van der Waals surface area (Å²) in [5.74, 6) is 0.722. The Kier molecular flexibility index (Phi) is 10.7. The average Bonchev–Trinajstić information content (AvgIpc) is 2.64. The van der Waals surface area contributed by atoms with Crippen molar-refractivity contribution in [2.75, 3.05) is 45.9 Å². The van der Waals surface area contributed by atoms with Gasteiger partial charge in [-0.2, -0.15) is 0 Å². The van der Waals surface area contributed by atoms with Crippen LogP contribution in [0.25, 0.3) is 0 Å². The number of hydrogen-bond acceptors (Lipinski definition) is 5. The second kappa shape index (κ2) is 12.5. The number of rotatable bonds is 9. The van der Waals surface area contributed by atoms with Crippen molar-refractivity contribution in [3.8, 4) is 5.75 Å². The van der Waals surface area contributed by atoms with Crippen molar-refractivity contribution in [1.29, 1.82) is 0 Å². The zero-order chi connectivity index (χ0) is 17.9. The smallest absolute Gasteiger partial charge is 0.234 e. The molecule has 8 heteroatoms. The van der Waals surface area contributed by atoms with E-state index in [1.54, 1.807) is 0 Å². The lowest BCUT2D eigenvalue weighted by molar-refractivity contribution is -0.128. The quantitative estimate of drug-likeness (QED) is 0.535. The first-order chi connectivity index (χ1) is 12.2. The molecular weight excluding hydrogens is 356 g/mol. The summed E-state index contributed by atoms with van der Waals surface area (Å²) in [7, 11) is 0. The minimum Gasteiger partial charge on any atom is -0.492 e. The molecule has 0 spiro atoms. The van der Waals surface area contributed by atoms with E-state index >= 15 is 0 Å². The Morgan fingerprint density at radius 1 is 1.19 bits per heavy atom. The minimum absolute atomic E-state index is 0. The van der Waals surface area contributed by atoms with Crippen LogP contribution in [0.3, 0.4) is 0 Å². The Bertz CT molecular complexity index is 544. The molecule has 1 aliphatic rings. The second-order valence-electron chi connectivity index (χ2n) is 6.17. The number of para-hydroxylation sites is 1. The second-order valence-corrected chi connectivity index (χ2v) is 6.17. The fourth-order valence-corrected chi connectivity index (χ4v) is 2.89. The van der Waals surface area contributed by atoms with E-state index in [-0.39, 0.29) is 30.1 Å². The Labute approximate surface area is 161 Å². The molecule has 26 heavy (non-hydrogen) atoms. The number of benzene rings is 1. The number of nitrogens with one attached hydrogen (secondary N) is 2. The maximum Gasteiger partial charge on any atom is 0.234 e. The van der Waals surface area contributed by atoms with Gasteiger partial charge in [0.2, 0.25) is 11.8 Å². The number of piperidine rings is 1. The predicted molar refractivity (Wildman–Crippen MR) is 103 cm³/mol. The summed E-state index contributed by atoms with van der Waals surface area (Å²) in [5.41, 5.74) is 5.41. The number of carbonyl (C=O) groups is 2. The van der Waals surface area contributed by atoms with E-state index in [9.17, 15) is 9.59 Å². The number of ether oxygens (including phenoxy) is 1. The number of nitrogens with zero attached hydrogens (tertiary/aromatic N) is 1. The van der Waals surface area contributed by atoms with Crippen molar-refractivity contribution in [3.63, 3.8) is 0 Å². The maximum atomic E-state index is 12.0. The summed E-state index contributed by atoms with van der Waals surface area (Å²) in [5, 5.41) is 5.68. The van der Waals surface area contributed by atoms with E-state index in [0.717, 1.165) is 25.1 Å². The number of nitrogens with two attached hydrogens (primary N) is 1. The van der Waals surface area contributed by atoms with Gasteiger partial charge in [-0.1, -0.05) is 18.2 Å². The van der Waals surface area contributed by atoms with E-state index < -0.39 is 0 Å². The summed E-state index contributed by atoms with van der Waals surface area (Å²) in [6.45, 7) is 3.60. The zero-order valence-corrected chi connectivity index (χ0v) is 15.8. The number of likely N-dealkylation sites (tertiary alicyclic amines) is 1. The van der Waals surface area contributed by atoms with Crippen molar-refractivity contribution in [2.45, 2.75) is 12.8 Å². The lowest BCUT2D eigenvalue weighted by Gasteiger charge is -2.31. The fraction of sp³-hybridized carbons (Fsp3) is 0.556. The van der Waals surface area contributed by atoms with Crippen LogP contribution in [0.2, 0.25) is 0 Å². The molecule has 1 aromatic carbocycles. The van der Waals surface area contributed by atoms with Crippen LogP contribution >= 0.6 is 12.4 Å². The third-order valence-corrected chi connectivity index (χ3v) is 4.12. The first-order valence-electron chi connectivity index (χ1n) is 8.83. The molecule has 0 aromatic heterocycles. The van der Waals surface area contributed by atoms with Crippen molar-refractivity contribution in [1.82, 2.24) is 15.5 Å². The van der Waals surface area contributed by atoms with Gasteiger partial charge in [-0.25, -0.2) is 0 Å². The molecule has 0 aliphatic carbocycles. The molecule has 2 rings (SSSR count). The molecule has 7 nitrogen and oxygen atoms in total. The molecule has 1 unspecified atom stereocenters. The van der Waals surface area contributed by atoms with Crippen LogP contribution in [-0.4, -0.2) is 62.6 Å². The molecule has 1 atom stereocenters. The third-order valence-electron chi connectivity index (χ3n) is 4.12. The topological polar surface area (TPSA) is 96.7 Å². The molecule has 0 radical (unpaired) electrons. The molecule has 2 amide bonds. The van der Waals surface area contributed by atoms with Gasteiger partial charge >= 0.3 is 0 Å². The molecule has 1 saturated heterocycles.